The molecule has 0 aliphatic heterocycles. The van der Waals surface area contributed by atoms with Gasteiger partial charge in [0, 0.05) is 6.42 Å². The van der Waals surface area contributed by atoms with Gasteiger partial charge in [-0.3, -0.25) is 0 Å². The van der Waals surface area contributed by atoms with Crippen molar-refractivity contribution in [3.05, 3.63) is 71.8 Å². The summed E-state index contributed by atoms with van der Waals surface area (Å²) < 4.78 is 10.9. The Labute approximate surface area is 155 Å². The average Bonchev–Trinajstić information content (AvgIpc) is 2.62. The summed E-state index contributed by atoms with van der Waals surface area (Å²) in [7, 11) is 0. The standard InChI is InChI=1S/C22H26O4/c1-22(2,3)16-10-15-19(25-20(23)17-11-6-4-7-12-17)26-21(24)18-13-8-5-9-14-18/h4-9,11-14,19H,10,15-16H2,1-3H3. The average molecular weight is 354 g/mol. The summed E-state index contributed by atoms with van der Waals surface area (Å²) in [5, 5.41) is 0. The summed E-state index contributed by atoms with van der Waals surface area (Å²) in [5.41, 5.74) is 1.03. The Bertz CT molecular complexity index is 648. The summed E-state index contributed by atoms with van der Waals surface area (Å²) in [5.74, 6) is -0.987. The van der Waals surface area contributed by atoms with Gasteiger partial charge in [0.05, 0.1) is 11.1 Å². The van der Waals surface area contributed by atoms with Crippen LogP contribution in [0.2, 0.25) is 0 Å². The predicted molar refractivity (Wildman–Crippen MR) is 101 cm³/mol. The molecule has 0 bridgehead atoms. The van der Waals surface area contributed by atoms with Gasteiger partial charge in [0.1, 0.15) is 0 Å². The molecule has 0 spiro atoms. The van der Waals surface area contributed by atoms with E-state index in [9.17, 15) is 9.59 Å². The SMILES string of the molecule is CC(C)(C)CCCC(OC(=O)c1ccccc1)OC(=O)c1ccccc1. The molecule has 0 heterocycles. The van der Waals surface area contributed by atoms with Crippen LogP contribution in [-0.2, 0) is 9.47 Å². The molecule has 0 unspecified atom stereocenters. The van der Waals surface area contributed by atoms with Gasteiger partial charge in [0.2, 0.25) is 6.29 Å². The zero-order valence-corrected chi connectivity index (χ0v) is 15.6. The smallest absolute Gasteiger partial charge is 0.341 e. The van der Waals surface area contributed by atoms with Gasteiger partial charge in [0.15, 0.2) is 0 Å². The Balaban J connectivity index is 2.03. The van der Waals surface area contributed by atoms with E-state index in [-0.39, 0.29) is 5.41 Å². The molecular weight excluding hydrogens is 328 g/mol. The molecule has 4 heteroatoms. The van der Waals surface area contributed by atoms with Crippen molar-refractivity contribution in [3.63, 3.8) is 0 Å². The highest BCUT2D eigenvalue weighted by atomic mass is 16.7. The second-order valence-electron chi connectivity index (χ2n) is 7.43. The van der Waals surface area contributed by atoms with E-state index in [2.05, 4.69) is 20.8 Å². The van der Waals surface area contributed by atoms with Crippen molar-refractivity contribution in [2.75, 3.05) is 0 Å². The van der Waals surface area contributed by atoms with Crippen molar-refractivity contribution >= 4 is 11.9 Å². The highest BCUT2D eigenvalue weighted by Gasteiger charge is 2.22. The van der Waals surface area contributed by atoms with Crippen molar-refractivity contribution in [1.82, 2.24) is 0 Å². The summed E-state index contributed by atoms with van der Waals surface area (Å²) in [6.45, 7) is 6.44. The fourth-order valence-electron chi connectivity index (χ4n) is 2.46. The van der Waals surface area contributed by atoms with Crippen LogP contribution in [0.25, 0.3) is 0 Å². The molecule has 2 aromatic rings. The van der Waals surface area contributed by atoms with Gasteiger partial charge < -0.3 is 9.47 Å². The highest BCUT2D eigenvalue weighted by molar-refractivity contribution is 5.90. The van der Waals surface area contributed by atoms with E-state index < -0.39 is 18.2 Å². The maximum Gasteiger partial charge on any atom is 0.341 e. The van der Waals surface area contributed by atoms with Crippen molar-refractivity contribution in [3.8, 4) is 0 Å². The quantitative estimate of drug-likeness (QED) is 0.504. The number of ether oxygens (including phenoxy) is 2. The highest BCUT2D eigenvalue weighted by Crippen LogP contribution is 2.23. The molecule has 0 radical (unpaired) electrons. The Hall–Kier alpha value is -2.62. The minimum atomic E-state index is -0.905. The number of hydrogen-bond donors (Lipinski definition) is 0. The van der Waals surface area contributed by atoms with Crippen LogP contribution in [0, 0.1) is 5.41 Å². The van der Waals surface area contributed by atoms with E-state index in [0.29, 0.717) is 17.5 Å². The molecule has 0 fully saturated rings. The van der Waals surface area contributed by atoms with E-state index in [1.54, 1.807) is 48.5 Å². The molecule has 0 atom stereocenters. The lowest BCUT2D eigenvalue weighted by molar-refractivity contribution is -0.0843. The molecule has 26 heavy (non-hydrogen) atoms. The third-order valence-corrected chi connectivity index (χ3v) is 3.86. The third kappa shape index (κ3) is 6.71. The number of carbonyl (C=O) groups excluding carboxylic acids is 2. The summed E-state index contributed by atoms with van der Waals surface area (Å²) in [6.07, 6.45) is 1.29. The van der Waals surface area contributed by atoms with Crippen molar-refractivity contribution in [2.24, 2.45) is 5.41 Å². The maximum atomic E-state index is 12.3. The van der Waals surface area contributed by atoms with Crippen molar-refractivity contribution < 1.29 is 19.1 Å². The van der Waals surface area contributed by atoms with Crippen LogP contribution >= 0.6 is 0 Å². The van der Waals surface area contributed by atoms with Crippen LogP contribution in [0.3, 0.4) is 0 Å². The minimum Gasteiger partial charge on any atom is -0.422 e. The maximum absolute atomic E-state index is 12.3. The zero-order valence-electron chi connectivity index (χ0n) is 15.6. The minimum absolute atomic E-state index is 0.164. The summed E-state index contributed by atoms with van der Waals surface area (Å²) >= 11 is 0. The van der Waals surface area contributed by atoms with Gasteiger partial charge in [-0.05, 0) is 42.5 Å². The first-order valence-corrected chi connectivity index (χ1v) is 8.87. The first-order valence-electron chi connectivity index (χ1n) is 8.87. The van der Waals surface area contributed by atoms with Gasteiger partial charge in [-0.2, -0.15) is 0 Å². The van der Waals surface area contributed by atoms with E-state index >= 15 is 0 Å². The van der Waals surface area contributed by atoms with Crippen LogP contribution in [-0.4, -0.2) is 18.2 Å². The fraction of sp³-hybridized carbons (Fsp3) is 0.364. The van der Waals surface area contributed by atoms with E-state index in [1.165, 1.54) is 0 Å². The van der Waals surface area contributed by atoms with Gasteiger partial charge in [0.25, 0.3) is 0 Å². The van der Waals surface area contributed by atoms with Crippen LogP contribution in [0.5, 0.6) is 0 Å². The Morgan fingerprint density at radius 1 is 0.808 bits per heavy atom. The van der Waals surface area contributed by atoms with Gasteiger partial charge in [-0.25, -0.2) is 9.59 Å². The number of carbonyl (C=O) groups is 2. The summed E-state index contributed by atoms with van der Waals surface area (Å²) in [4.78, 5) is 24.6. The van der Waals surface area contributed by atoms with Crippen LogP contribution in [0.15, 0.2) is 60.7 Å². The normalized spacial score (nSPS) is 11.2. The predicted octanol–water partition coefficient (Wildman–Crippen LogP) is 5.24. The first kappa shape index (κ1) is 19.7. The number of esters is 2. The van der Waals surface area contributed by atoms with E-state index in [0.717, 1.165) is 12.8 Å². The Morgan fingerprint density at radius 2 is 1.23 bits per heavy atom. The number of hydrogen-bond acceptors (Lipinski definition) is 4. The van der Waals surface area contributed by atoms with Gasteiger partial charge in [-0.15, -0.1) is 0 Å². The molecule has 138 valence electrons. The fourth-order valence-corrected chi connectivity index (χ4v) is 2.46. The molecule has 0 aromatic heterocycles. The molecule has 0 aliphatic carbocycles. The Morgan fingerprint density at radius 3 is 1.62 bits per heavy atom. The van der Waals surface area contributed by atoms with Crippen molar-refractivity contribution in [1.29, 1.82) is 0 Å². The molecule has 2 rings (SSSR count). The molecular formula is C22H26O4. The summed E-state index contributed by atoms with van der Waals surface area (Å²) in [6, 6.07) is 17.4. The topological polar surface area (TPSA) is 52.6 Å². The van der Waals surface area contributed by atoms with Crippen LogP contribution in [0.4, 0.5) is 0 Å². The molecule has 0 aliphatic rings. The Kier molecular flexibility index (Phi) is 6.96. The second kappa shape index (κ2) is 9.18. The molecule has 0 saturated carbocycles. The largest absolute Gasteiger partial charge is 0.422 e. The van der Waals surface area contributed by atoms with Crippen LogP contribution < -0.4 is 0 Å². The molecule has 0 N–H and O–H groups in total. The second-order valence-corrected chi connectivity index (χ2v) is 7.43. The molecule has 0 saturated heterocycles. The van der Waals surface area contributed by atoms with Crippen LogP contribution in [0.1, 0.15) is 60.7 Å². The van der Waals surface area contributed by atoms with Gasteiger partial charge >= 0.3 is 11.9 Å². The van der Waals surface area contributed by atoms with Crippen molar-refractivity contribution in [2.45, 2.75) is 46.3 Å². The molecule has 2 aromatic carbocycles. The van der Waals surface area contributed by atoms with E-state index in [4.69, 9.17) is 9.47 Å². The lowest BCUT2D eigenvalue weighted by Crippen LogP contribution is -2.25. The lowest BCUT2D eigenvalue weighted by Gasteiger charge is -2.21. The monoisotopic (exact) mass is 354 g/mol. The third-order valence-electron chi connectivity index (χ3n) is 3.86. The van der Waals surface area contributed by atoms with Gasteiger partial charge in [-0.1, -0.05) is 57.2 Å². The number of rotatable bonds is 7. The first-order chi connectivity index (χ1) is 12.3. The number of benzene rings is 2. The molecule has 4 nitrogen and oxygen atoms in total. The molecule has 0 amide bonds. The lowest BCUT2D eigenvalue weighted by atomic mass is 9.90. The van der Waals surface area contributed by atoms with E-state index in [1.807, 2.05) is 12.1 Å². The zero-order chi connectivity index (χ0) is 19.0.